The SMILES string of the molecule is Cn1ccnc1SCC(=O)N(c1ccccc1)c1ccccc1. The summed E-state index contributed by atoms with van der Waals surface area (Å²) in [5.41, 5.74) is 1.73. The Balaban J connectivity index is 1.83. The van der Waals surface area contributed by atoms with E-state index in [2.05, 4.69) is 4.98 Å². The van der Waals surface area contributed by atoms with Gasteiger partial charge in [0.25, 0.3) is 0 Å². The minimum Gasteiger partial charge on any atom is -0.329 e. The number of nitrogens with zero attached hydrogens (tertiary/aromatic N) is 3. The molecule has 1 aromatic heterocycles. The average molecular weight is 323 g/mol. The third kappa shape index (κ3) is 3.63. The molecule has 0 bridgehead atoms. The summed E-state index contributed by atoms with van der Waals surface area (Å²) in [6.07, 6.45) is 3.61. The van der Waals surface area contributed by atoms with Gasteiger partial charge in [0.15, 0.2) is 5.16 Å². The lowest BCUT2D eigenvalue weighted by Gasteiger charge is -2.22. The van der Waals surface area contributed by atoms with Gasteiger partial charge in [-0.3, -0.25) is 9.69 Å². The lowest BCUT2D eigenvalue weighted by molar-refractivity contribution is -0.115. The van der Waals surface area contributed by atoms with Crippen molar-refractivity contribution in [2.75, 3.05) is 10.7 Å². The number of carbonyl (C=O) groups is 1. The molecule has 0 radical (unpaired) electrons. The average Bonchev–Trinajstić information content (AvgIpc) is 3.00. The van der Waals surface area contributed by atoms with Gasteiger partial charge in [0.2, 0.25) is 5.91 Å². The molecule has 0 saturated heterocycles. The first kappa shape index (κ1) is 15.4. The van der Waals surface area contributed by atoms with Gasteiger partial charge < -0.3 is 4.57 Å². The summed E-state index contributed by atoms with van der Waals surface area (Å²) < 4.78 is 1.91. The molecule has 1 heterocycles. The largest absolute Gasteiger partial charge is 0.329 e. The van der Waals surface area contributed by atoms with Crippen molar-refractivity contribution in [3.8, 4) is 0 Å². The fourth-order valence-electron chi connectivity index (χ4n) is 2.27. The molecule has 0 aliphatic carbocycles. The molecule has 116 valence electrons. The predicted octanol–water partition coefficient (Wildman–Crippen LogP) is 3.88. The molecule has 5 heteroatoms. The maximum atomic E-state index is 12.8. The summed E-state index contributed by atoms with van der Waals surface area (Å²) in [4.78, 5) is 18.8. The molecule has 0 aliphatic heterocycles. The number of hydrogen-bond donors (Lipinski definition) is 0. The number of thioether (sulfide) groups is 1. The van der Waals surface area contributed by atoms with E-state index in [-0.39, 0.29) is 5.91 Å². The van der Waals surface area contributed by atoms with Crippen molar-refractivity contribution in [2.45, 2.75) is 5.16 Å². The van der Waals surface area contributed by atoms with Crippen molar-refractivity contribution in [3.63, 3.8) is 0 Å². The normalized spacial score (nSPS) is 10.5. The predicted molar refractivity (Wildman–Crippen MR) is 94.0 cm³/mol. The van der Waals surface area contributed by atoms with Crippen molar-refractivity contribution in [2.24, 2.45) is 7.05 Å². The zero-order chi connectivity index (χ0) is 16.1. The Bertz CT molecular complexity index is 732. The van der Waals surface area contributed by atoms with E-state index in [0.29, 0.717) is 5.75 Å². The molecule has 23 heavy (non-hydrogen) atoms. The fraction of sp³-hybridized carbons (Fsp3) is 0.111. The van der Waals surface area contributed by atoms with Gasteiger partial charge in [-0.2, -0.15) is 0 Å². The van der Waals surface area contributed by atoms with Crippen LogP contribution in [0.5, 0.6) is 0 Å². The Hall–Kier alpha value is -2.53. The van der Waals surface area contributed by atoms with Crippen molar-refractivity contribution in [3.05, 3.63) is 73.1 Å². The van der Waals surface area contributed by atoms with Crippen LogP contribution in [0.2, 0.25) is 0 Å². The van der Waals surface area contributed by atoms with Crippen LogP contribution in [0.25, 0.3) is 0 Å². The van der Waals surface area contributed by atoms with Crippen LogP contribution in [-0.4, -0.2) is 21.2 Å². The van der Waals surface area contributed by atoms with Gasteiger partial charge in [-0.1, -0.05) is 48.2 Å². The number of anilines is 2. The fourth-order valence-corrected chi connectivity index (χ4v) is 3.05. The second-order valence-electron chi connectivity index (χ2n) is 5.01. The third-order valence-corrected chi connectivity index (χ3v) is 4.42. The highest BCUT2D eigenvalue weighted by molar-refractivity contribution is 7.99. The zero-order valence-corrected chi connectivity index (χ0v) is 13.6. The van der Waals surface area contributed by atoms with E-state index < -0.39 is 0 Å². The van der Waals surface area contributed by atoms with E-state index in [1.54, 1.807) is 11.1 Å². The van der Waals surface area contributed by atoms with Crippen LogP contribution in [-0.2, 0) is 11.8 Å². The highest BCUT2D eigenvalue weighted by atomic mass is 32.2. The molecule has 2 aromatic carbocycles. The van der Waals surface area contributed by atoms with Gasteiger partial charge in [0.1, 0.15) is 0 Å². The molecule has 0 fully saturated rings. The number of carbonyl (C=O) groups excluding carboxylic acids is 1. The van der Waals surface area contributed by atoms with Gasteiger partial charge in [0.05, 0.1) is 5.75 Å². The molecule has 0 saturated carbocycles. The lowest BCUT2D eigenvalue weighted by atomic mass is 10.2. The first-order valence-electron chi connectivity index (χ1n) is 7.29. The Morgan fingerprint density at radius 3 is 2.09 bits per heavy atom. The topological polar surface area (TPSA) is 38.1 Å². The van der Waals surface area contributed by atoms with Crippen LogP contribution in [0, 0.1) is 0 Å². The molecular weight excluding hydrogens is 306 g/mol. The molecule has 3 aromatic rings. The van der Waals surface area contributed by atoms with E-state index in [4.69, 9.17) is 0 Å². The van der Waals surface area contributed by atoms with E-state index >= 15 is 0 Å². The Morgan fingerprint density at radius 2 is 1.61 bits per heavy atom. The van der Waals surface area contributed by atoms with Gasteiger partial charge in [0, 0.05) is 30.8 Å². The molecule has 0 aliphatic rings. The standard InChI is InChI=1S/C18H17N3OS/c1-20-13-12-19-18(20)23-14-17(22)21(15-8-4-2-5-9-15)16-10-6-3-7-11-16/h2-13H,14H2,1H3. The van der Waals surface area contributed by atoms with Gasteiger partial charge in [-0.25, -0.2) is 4.98 Å². The van der Waals surface area contributed by atoms with E-state index in [9.17, 15) is 4.79 Å². The smallest absolute Gasteiger partial charge is 0.242 e. The lowest BCUT2D eigenvalue weighted by Crippen LogP contribution is -2.27. The summed E-state index contributed by atoms with van der Waals surface area (Å²) in [5, 5.41) is 0.833. The monoisotopic (exact) mass is 323 g/mol. The Labute approximate surface area is 139 Å². The van der Waals surface area contributed by atoms with Crippen molar-refractivity contribution >= 4 is 29.0 Å². The minimum absolute atomic E-state index is 0.0235. The maximum Gasteiger partial charge on any atom is 0.242 e. The van der Waals surface area contributed by atoms with Crippen molar-refractivity contribution in [1.82, 2.24) is 9.55 Å². The number of aryl methyl sites for hydroxylation is 1. The molecule has 0 atom stereocenters. The highest BCUT2D eigenvalue weighted by Gasteiger charge is 2.18. The number of amides is 1. The summed E-state index contributed by atoms with van der Waals surface area (Å²) in [6.45, 7) is 0. The maximum absolute atomic E-state index is 12.8. The molecule has 0 unspecified atom stereocenters. The quantitative estimate of drug-likeness (QED) is 0.669. The highest BCUT2D eigenvalue weighted by Crippen LogP contribution is 2.27. The summed E-state index contributed by atoms with van der Waals surface area (Å²) >= 11 is 1.44. The van der Waals surface area contributed by atoms with Crippen LogP contribution in [0.4, 0.5) is 11.4 Å². The van der Waals surface area contributed by atoms with Gasteiger partial charge in [-0.05, 0) is 24.3 Å². The summed E-state index contributed by atoms with van der Waals surface area (Å²) in [6, 6.07) is 19.4. The van der Waals surface area contributed by atoms with E-state index in [0.717, 1.165) is 16.5 Å². The van der Waals surface area contributed by atoms with Gasteiger partial charge >= 0.3 is 0 Å². The van der Waals surface area contributed by atoms with Crippen molar-refractivity contribution < 1.29 is 4.79 Å². The Morgan fingerprint density at radius 1 is 1.04 bits per heavy atom. The molecule has 4 nitrogen and oxygen atoms in total. The number of benzene rings is 2. The number of imidazole rings is 1. The van der Waals surface area contributed by atoms with E-state index in [1.165, 1.54) is 11.8 Å². The van der Waals surface area contributed by atoms with Gasteiger partial charge in [-0.15, -0.1) is 0 Å². The zero-order valence-electron chi connectivity index (χ0n) is 12.8. The van der Waals surface area contributed by atoms with Crippen LogP contribution in [0.3, 0.4) is 0 Å². The summed E-state index contributed by atoms with van der Waals surface area (Å²) in [7, 11) is 1.92. The number of rotatable bonds is 5. The molecule has 0 spiro atoms. The molecule has 0 N–H and O–H groups in total. The second-order valence-corrected chi connectivity index (χ2v) is 5.95. The van der Waals surface area contributed by atoms with Crippen LogP contribution >= 0.6 is 11.8 Å². The molecule has 1 amide bonds. The van der Waals surface area contributed by atoms with E-state index in [1.807, 2.05) is 78.5 Å². The number of para-hydroxylation sites is 2. The van der Waals surface area contributed by atoms with Crippen LogP contribution in [0.15, 0.2) is 78.2 Å². The molecule has 3 rings (SSSR count). The number of aromatic nitrogens is 2. The minimum atomic E-state index is 0.0235. The third-order valence-electron chi connectivity index (χ3n) is 3.38. The number of hydrogen-bond acceptors (Lipinski definition) is 3. The Kier molecular flexibility index (Phi) is 4.78. The van der Waals surface area contributed by atoms with Crippen LogP contribution in [0.1, 0.15) is 0 Å². The first-order chi connectivity index (χ1) is 11.3. The van der Waals surface area contributed by atoms with Crippen molar-refractivity contribution in [1.29, 1.82) is 0 Å². The molecular formula is C18H17N3OS. The second kappa shape index (κ2) is 7.15. The summed E-state index contributed by atoms with van der Waals surface area (Å²) in [5.74, 6) is 0.352. The first-order valence-corrected chi connectivity index (χ1v) is 8.27. The van der Waals surface area contributed by atoms with Crippen LogP contribution < -0.4 is 4.90 Å².